The highest BCUT2D eigenvalue weighted by Crippen LogP contribution is 2.27. The van der Waals surface area contributed by atoms with Crippen LogP contribution in [-0.4, -0.2) is 31.9 Å². The average Bonchev–Trinajstić information content (AvgIpc) is 2.98. The van der Waals surface area contributed by atoms with Crippen LogP contribution in [0, 0.1) is 5.92 Å². The molecule has 0 spiro atoms. The highest BCUT2D eigenvalue weighted by atomic mass is 19.4. The molecule has 2 rings (SSSR count). The van der Waals surface area contributed by atoms with E-state index in [2.05, 4.69) is 20.6 Å². The Balaban J connectivity index is 2.06. The van der Waals surface area contributed by atoms with Gasteiger partial charge in [-0.2, -0.15) is 13.2 Å². The van der Waals surface area contributed by atoms with Crippen molar-refractivity contribution in [2.75, 3.05) is 0 Å². The predicted octanol–water partition coefficient (Wildman–Crippen LogP) is 2.15. The van der Waals surface area contributed by atoms with Crippen LogP contribution in [0.2, 0.25) is 0 Å². The molecule has 6 nitrogen and oxygen atoms in total. The molecule has 0 fully saturated rings. The summed E-state index contributed by atoms with van der Waals surface area (Å²) in [5.41, 5.74) is -0.959. The van der Waals surface area contributed by atoms with Gasteiger partial charge in [0.15, 0.2) is 0 Å². The van der Waals surface area contributed by atoms with Gasteiger partial charge in [0.2, 0.25) is 0 Å². The van der Waals surface area contributed by atoms with Crippen molar-refractivity contribution >= 4 is 5.91 Å². The number of hydrogen-bond acceptors (Lipinski definition) is 4. The number of pyridine rings is 1. The van der Waals surface area contributed by atoms with Gasteiger partial charge in [-0.25, -0.2) is 0 Å². The normalized spacial score (nSPS) is 13.1. The maximum absolute atomic E-state index is 12.5. The summed E-state index contributed by atoms with van der Waals surface area (Å²) < 4.78 is 39.0. The molecule has 1 amide bonds. The Bertz CT molecular complexity index is 637. The van der Waals surface area contributed by atoms with Crippen LogP contribution < -0.4 is 5.32 Å². The number of alkyl halides is 3. The summed E-state index contributed by atoms with van der Waals surface area (Å²) in [5, 5.41) is 10.3. The molecule has 23 heavy (non-hydrogen) atoms. The van der Waals surface area contributed by atoms with Gasteiger partial charge < -0.3 is 5.32 Å². The van der Waals surface area contributed by atoms with E-state index in [-0.39, 0.29) is 17.5 Å². The van der Waals surface area contributed by atoms with Gasteiger partial charge in [-0.15, -0.1) is 5.10 Å². The van der Waals surface area contributed by atoms with E-state index in [1.165, 1.54) is 6.20 Å². The molecule has 0 unspecified atom stereocenters. The van der Waals surface area contributed by atoms with Gasteiger partial charge in [-0.3, -0.25) is 14.5 Å². The van der Waals surface area contributed by atoms with Crippen molar-refractivity contribution in [2.24, 2.45) is 5.92 Å². The van der Waals surface area contributed by atoms with Gasteiger partial charge in [0.05, 0.1) is 24.3 Å². The number of nitrogens with zero attached hydrogens (tertiary/aromatic N) is 4. The molecule has 2 aromatic heterocycles. The first-order valence-electron chi connectivity index (χ1n) is 6.95. The fraction of sp³-hybridized carbons (Fsp3) is 0.429. The third kappa shape index (κ3) is 4.51. The molecule has 0 radical (unpaired) electrons. The minimum absolute atomic E-state index is 0.0715. The highest BCUT2D eigenvalue weighted by molar-refractivity contribution is 5.94. The average molecular weight is 327 g/mol. The number of aromatic nitrogens is 4. The van der Waals surface area contributed by atoms with E-state index >= 15 is 0 Å². The maximum Gasteiger partial charge on any atom is 0.433 e. The molecule has 9 heteroatoms. The van der Waals surface area contributed by atoms with Gasteiger partial charge in [-0.05, 0) is 18.1 Å². The number of rotatable bonds is 5. The number of halogens is 3. The lowest BCUT2D eigenvalue weighted by Crippen LogP contribution is -2.41. The van der Waals surface area contributed by atoms with Crippen LogP contribution >= 0.6 is 0 Å². The Labute approximate surface area is 130 Å². The lowest BCUT2D eigenvalue weighted by Gasteiger charge is -2.22. The second kappa shape index (κ2) is 6.76. The summed E-state index contributed by atoms with van der Waals surface area (Å²) >= 11 is 0. The number of carbonyl (C=O) groups excluding carboxylic acids is 1. The third-order valence-corrected chi connectivity index (χ3v) is 3.29. The summed E-state index contributed by atoms with van der Waals surface area (Å²) in [7, 11) is 0. The molecule has 0 aliphatic carbocycles. The monoisotopic (exact) mass is 327 g/mol. The summed E-state index contributed by atoms with van der Waals surface area (Å²) in [4.78, 5) is 15.5. The van der Waals surface area contributed by atoms with Crippen molar-refractivity contribution in [1.82, 2.24) is 25.3 Å². The van der Waals surface area contributed by atoms with Crippen molar-refractivity contribution in [3.8, 4) is 0 Å². The summed E-state index contributed by atoms with van der Waals surface area (Å²) in [6.45, 7) is 4.26. The first kappa shape index (κ1) is 16.9. The molecule has 0 saturated carbocycles. The zero-order valence-corrected chi connectivity index (χ0v) is 12.6. The first-order chi connectivity index (χ1) is 10.8. The number of nitrogens with one attached hydrogen (secondary N) is 1. The van der Waals surface area contributed by atoms with Crippen molar-refractivity contribution in [1.29, 1.82) is 0 Å². The van der Waals surface area contributed by atoms with Crippen LogP contribution in [0.4, 0.5) is 13.2 Å². The number of hydrogen-bond donors (Lipinski definition) is 1. The molecule has 1 N–H and O–H groups in total. The molecule has 124 valence electrons. The molecule has 0 saturated heterocycles. The van der Waals surface area contributed by atoms with Crippen molar-refractivity contribution in [3.63, 3.8) is 0 Å². The van der Waals surface area contributed by atoms with Gasteiger partial charge in [0.25, 0.3) is 5.91 Å². The van der Waals surface area contributed by atoms with Crippen LogP contribution in [0.25, 0.3) is 0 Å². The van der Waals surface area contributed by atoms with Gasteiger partial charge in [0.1, 0.15) is 5.69 Å². The zero-order chi connectivity index (χ0) is 17.0. The topological polar surface area (TPSA) is 72.7 Å². The Morgan fingerprint density at radius 2 is 2.09 bits per heavy atom. The molecular formula is C14H16F3N5O. The summed E-state index contributed by atoms with van der Waals surface area (Å²) in [5.74, 6) is -0.379. The van der Waals surface area contributed by atoms with Crippen molar-refractivity contribution in [2.45, 2.75) is 32.6 Å². The molecule has 0 aromatic carbocycles. The van der Waals surface area contributed by atoms with Crippen LogP contribution in [0.1, 0.15) is 29.9 Å². The summed E-state index contributed by atoms with van der Waals surface area (Å²) in [6, 6.07) is 1.65. The molecule has 0 aliphatic rings. The lowest BCUT2D eigenvalue weighted by molar-refractivity contribution is -0.141. The molecular weight excluding hydrogens is 311 g/mol. The Morgan fingerprint density at radius 3 is 2.57 bits per heavy atom. The minimum atomic E-state index is -4.53. The van der Waals surface area contributed by atoms with E-state index < -0.39 is 17.8 Å². The molecule has 2 heterocycles. The van der Waals surface area contributed by atoms with E-state index in [1.54, 1.807) is 10.9 Å². The SMILES string of the molecule is CC(C)[C@H](Cn1ccnn1)NC(=O)c1ccc(C(F)(F)F)nc1. The third-order valence-electron chi connectivity index (χ3n) is 3.29. The van der Waals surface area contributed by atoms with E-state index in [4.69, 9.17) is 0 Å². The standard InChI is InChI=1S/C14H16F3N5O/c1-9(2)11(8-22-6-5-19-21-22)20-13(23)10-3-4-12(18-7-10)14(15,16)17/h3-7,9,11H,8H2,1-2H3,(H,20,23)/t11-/m0/s1. The molecule has 2 aromatic rings. The van der Waals surface area contributed by atoms with Crippen molar-refractivity contribution in [3.05, 3.63) is 42.0 Å². The van der Waals surface area contributed by atoms with Gasteiger partial charge in [0, 0.05) is 12.4 Å². The van der Waals surface area contributed by atoms with Crippen LogP contribution in [0.15, 0.2) is 30.7 Å². The van der Waals surface area contributed by atoms with Crippen LogP contribution in [-0.2, 0) is 12.7 Å². The molecule has 0 bridgehead atoms. The smallest absolute Gasteiger partial charge is 0.347 e. The van der Waals surface area contributed by atoms with E-state index in [9.17, 15) is 18.0 Å². The highest BCUT2D eigenvalue weighted by Gasteiger charge is 2.32. The van der Waals surface area contributed by atoms with E-state index in [0.29, 0.717) is 6.54 Å². The predicted molar refractivity (Wildman–Crippen MR) is 75.4 cm³/mol. The number of amides is 1. The quantitative estimate of drug-likeness (QED) is 0.913. The number of carbonyl (C=O) groups is 1. The molecule has 0 aliphatic heterocycles. The van der Waals surface area contributed by atoms with Crippen LogP contribution in [0.5, 0.6) is 0 Å². The van der Waals surface area contributed by atoms with Gasteiger partial charge in [-0.1, -0.05) is 19.1 Å². The lowest BCUT2D eigenvalue weighted by atomic mass is 10.0. The van der Waals surface area contributed by atoms with Crippen LogP contribution in [0.3, 0.4) is 0 Å². The maximum atomic E-state index is 12.5. The second-order valence-electron chi connectivity index (χ2n) is 5.38. The Hall–Kier alpha value is -2.45. The van der Waals surface area contributed by atoms with E-state index in [0.717, 1.165) is 18.3 Å². The molecule has 1 atom stereocenters. The summed E-state index contributed by atoms with van der Waals surface area (Å²) in [6.07, 6.45) is -0.409. The van der Waals surface area contributed by atoms with Crippen molar-refractivity contribution < 1.29 is 18.0 Å². The zero-order valence-electron chi connectivity index (χ0n) is 12.6. The second-order valence-corrected chi connectivity index (χ2v) is 5.38. The Morgan fingerprint density at radius 1 is 1.35 bits per heavy atom. The fourth-order valence-electron chi connectivity index (χ4n) is 1.90. The largest absolute Gasteiger partial charge is 0.433 e. The minimum Gasteiger partial charge on any atom is -0.347 e. The van der Waals surface area contributed by atoms with E-state index in [1.807, 2.05) is 13.8 Å². The van der Waals surface area contributed by atoms with Gasteiger partial charge >= 0.3 is 6.18 Å². The fourth-order valence-corrected chi connectivity index (χ4v) is 1.90. The Kier molecular flexibility index (Phi) is 4.97. The first-order valence-corrected chi connectivity index (χ1v) is 6.95.